The van der Waals surface area contributed by atoms with E-state index in [0.29, 0.717) is 27.9 Å². The van der Waals surface area contributed by atoms with Crippen molar-refractivity contribution in [1.82, 2.24) is 0 Å². The highest BCUT2D eigenvalue weighted by atomic mass is 32.2. The van der Waals surface area contributed by atoms with Gasteiger partial charge in [0.1, 0.15) is 5.82 Å². The van der Waals surface area contributed by atoms with Crippen LogP contribution in [0.4, 0.5) is 10.1 Å². The quantitative estimate of drug-likeness (QED) is 0.325. The van der Waals surface area contributed by atoms with Gasteiger partial charge in [-0.2, -0.15) is 0 Å². The average molecular weight is 492 g/mol. The predicted octanol–water partition coefficient (Wildman–Crippen LogP) is 6.47. The molecular formula is C28H26FNO4S. The number of hydrogen-bond acceptors (Lipinski definition) is 4. The molecule has 0 heterocycles. The van der Waals surface area contributed by atoms with Crippen LogP contribution in [0.3, 0.4) is 0 Å². The molecule has 1 N–H and O–H groups in total. The molecule has 0 aromatic heterocycles. The molecule has 0 spiro atoms. The van der Waals surface area contributed by atoms with Crippen LogP contribution < -0.4 is 4.72 Å². The fraction of sp³-hybridized carbons (Fsp3) is 0.179. The van der Waals surface area contributed by atoms with Crippen molar-refractivity contribution >= 4 is 32.5 Å². The summed E-state index contributed by atoms with van der Waals surface area (Å²) < 4.78 is 49.0. The van der Waals surface area contributed by atoms with Crippen molar-refractivity contribution in [3.8, 4) is 11.1 Å². The second-order valence-electron chi connectivity index (χ2n) is 8.63. The lowest BCUT2D eigenvalue weighted by molar-refractivity contribution is 0.0595. The first-order chi connectivity index (χ1) is 16.5. The average Bonchev–Trinajstić information content (AvgIpc) is 2.82. The van der Waals surface area contributed by atoms with E-state index in [1.54, 1.807) is 26.0 Å². The van der Waals surface area contributed by atoms with Crippen LogP contribution in [0.15, 0.2) is 65.6 Å². The minimum absolute atomic E-state index is 0.193. The lowest BCUT2D eigenvalue weighted by atomic mass is 9.98. The number of anilines is 1. The number of fused-ring (bicyclic) bond motifs is 1. The normalized spacial score (nSPS) is 11.5. The minimum Gasteiger partial charge on any atom is -0.465 e. The SMILES string of the molecule is COC(=O)c1cc(-c2cc(NS(=O)(=O)c3c(C)c(C)cc(C)c3C)c3ccccc3c2)ccc1F. The lowest BCUT2D eigenvalue weighted by Gasteiger charge is -2.18. The summed E-state index contributed by atoms with van der Waals surface area (Å²) in [7, 11) is -2.74. The first-order valence-corrected chi connectivity index (χ1v) is 12.5. The first-order valence-electron chi connectivity index (χ1n) is 11.0. The van der Waals surface area contributed by atoms with Gasteiger partial charge in [-0.1, -0.05) is 36.4 Å². The number of sulfonamides is 1. The number of carbonyl (C=O) groups is 1. The molecule has 7 heteroatoms. The van der Waals surface area contributed by atoms with E-state index in [0.717, 1.165) is 21.9 Å². The van der Waals surface area contributed by atoms with Gasteiger partial charge in [-0.3, -0.25) is 4.72 Å². The zero-order valence-corrected chi connectivity index (χ0v) is 21.0. The molecule has 4 aromatic rings. The lowest BCUT2D eigenvalue weighted by Crippen LogP contribution is -2.17. The number of nitrogens with one attached hydrogen (secondary N) is 1. The second kappa shape index (κ2) is 9.15. The van der Waals surface area contributed by atoms with E-state index < -0.39 is 21.8 Å². The largest absolute Gasteiger partial charge is 0.465 e. The number of halogens is 1. The molecule has 0 bridgehead atoms. The Hall–Kier alpha value is -3.71. The molecule has 5 nitrogen and oxygen atoms in total. The van der Waals surface area contributed by atoms with Crippen LogP contribution in [0, 0.1) is 33.5 Å². The standard InChI is InChI=1S/C28H26FNO4S/c1-16-12-17(2)19(4)27(18(16)3)35(32,33)30-26-15-22(13-21-8-6-7-9-23(21)26)20-10-11-25(29)24(14-20)28(31)34-5/h6-15,30H,1-5H3. The number of carbonyl (C=O) groups excluding carboxylic acids is 1. The van der Waals surface area contributed by atoms with Gasteiger partial charge < -0.3 is 4.74 Å². The summed E-state index contributed by atoms with van der Waals surface area (Å²) in [5.41, 5.74) is 4.56. The summed E-state index contributed by atoms with van der Waals surface area (Å²) in [6.07, 6.45) is 0. The molecule has 0 saturated carbocycles. The third-order valence-electron chi connectivity index (χ3n) is 6.38. The highest BCUT2D eigenvalue weighted by molar-refractivity contribution is 7.92. The fourth-order valence-electron chi connectivity index (χ4n) is 4.31. The van der Waals surface area contributed by atoms with Crippen molar-refractivity contribution in [3.05, 3.63) is 94.3 Å². The summed E-state index contributed by atoms with van der Waals surface area (Å²) in [4.78, 5) is 12.3. The predicted molar refractivity (Wildman–Crippen MR) is 137 cm³/mol. The molecule has 35 heavy (non-hydrogen) atoms. The fourth-order valence-corrected chi connectivity index (χ4v) is 6.00. The molecular weight excluding hydrogens is 465 g/mol. The third kappa shape index (κ3) is 4.51. The monoisotopic (exact) mass is 491 g/mol. The minimum atomic E-state index is -3.93. The van der Waals surface area contributed by atoms with Gasteiger partial charge in [0.2, 0.25) is 0 Å². The van der Waals surface area contributed by atoms with E-state index in [2.05, 4.69) is 9.46 Å². The molecule has 0 radical (unpaired) electrons. The van der Waals surface area contributed by atoms with E-state index in [9.17, 15) is 17.6 Å². The van der Waals surface area contributed by atoms with Crippen molar-refractivity contribution in [3.63, 3.8) is 0 Å². The van der Waals surface area contributed by atoms with Crippen molar-refractivity contribution < 1.29 is 22.3 Å². The molecule has 180 valence electrons. The van der Waals surface area contributed by atoms with Crippen LogP contribution in [-0.2, 0) is 14.8 Å². The van der Waals surface area contributed by atoms with Crippen LogP contribution >= 0.6 is 0 Å². The van der Waals surface area contributed by atoms with Crippen molar-refractivity contribution in [2.24, 2.45) is 0 Å². The zero-order valence-electron chi connectivity index (χ0n) is 20.2. The molecule has 0 atom stereocenters. The topological polar surface area (TPSA) is 72.5 Å². The molecule has 4 aromatic carbocycles. The molecule has 0 aliphatic rings. The Balaban J connectivity index is 1.90. The Morgan fingerprint density at radius 1 is 0.857 bits per heavy atom. The molecule has 0 amide bonds. The van der Waals surface area contributed by atoms with Gasteiger partial charge in [-0.25, -0.2) is 17.6 Å². The van der Waals surface area contributed by atoms with E-state index in [1.807, 2.05) is 50.2 Å². The van der Waals surface area contributed by atoms with Crippen LogP contribution in [-0.4, -0.2) is 21.5 Å². The van der Waals surface area contributed by atoms with Gasteiger partial charge in [-0.05, 0) is 90.7 Å². The maximum absolute atomic E-state index is 14.2. The van der Waals surface area contributed by atoms with Crippen LogP contribution in [0.25, 0.3) is 21.9 Å². The Morgan fingerprint density at radius 2 is 1.51 bits per heavy atom. The smallest absolute Gasteiger partial charge is 0.340 e. The Bertz CT molecular complexity index is 1570. The number of ether oxygens (including phenoxy) is 1. The van der Waals surface area contributed by atoms with Crippen molar-refractivity contribution in [1.29, 1.82) is 0 Å². The molecule has 0 aliphatic heterocycles. The third-order valence-corrected chi connectivity index (χ3v) is 8.02. The number of methoxy groups -OCH3 is 1. The summed E-state index contributed by atoms with van der Waals surface area (Å²) in [5.74, 6) is -1.48. The van der Waals surface area contributed by atoms with Crippen LogP contribution in [0.1, 0.15) is 32.6 Å². The Labute approximate surface area is 204 Å². The van der Waals surface area contributed by atoms with E-state index >= 15 is 0 Å². The summed E-state index contributed by atoms with van der Waals surface area (Å²) in [5, 5.41) is 1.51. The van der Waals surface area contributed by atoms with Crippen molar-refractivity contribution in [2.75, 3.05) is 11.8 Å². The molecule has 4 rings (SSSR count). The van der Waals surface area contributed by atoms with E-state index in [1.165, 1.54) is 19.2 Å². The Morgan fingerprint density at radius 3 is 2.17 bits per heavy atom. The number of benzene rings is 4. The van der Waals surface area contributed by atoms with Gasteiger partial charge in [-0.15, -0.1) is 0 Å². The van der Waals surface area contributed by atoms with Crippen molar-refractivity contribution in [2.45, 2.75) is 32.6 Å². The van der Waals surface area contributed by atoms with Gasteiger partial charge in [0, 0.05) is 5.39 Å². The summed E-state index contributed by atoms with van der Waals surface area (Å²) in [6, 6.07) is 17.1. The second-order valence-corrected chi connectivity index (χ2v) is 10.2. The summed E-state index contributed by atoms with van der Waals surface area (Å²) >= 11 is 0. The molecule has 0 fully saturated rings. The van der Waals surface area contributed by atoms with Gasteiger partial charge >= 0.3 is 5.97 Å². The highest BCUT2D eigenvalue weighted by Gasteiger charge is 2.23. The number of hydrogen-bond donors (Lipinski definition) is 1. The van der Waals surface area contributed by atoms with Gasteiger partial charge in [0.25, 0.3) is 10.0 Å². The Kier molecular flexibility index (Phi) is 6.38. The molecule has 0 unspecified atom stereocenters. The van der Waals surface area contributed by atoms with Gasteiger partial charge in [0.15, 0.2) is 0 Å². The number of aryl methyl sites for hydroxylation is 2. The number of esters is 1. The van der Waals surface area contributed by atoms with E-state index in [-0.39, 0.29) is 10.5 Å². The highest BCUT2D eigenvalue weighted by Crippen LogP contribution is 2.35. The zero-order chi connectivity index (χ0) is 25.5. The summed E-state index contributed by atoms with van der Waals surface area (Å²) in [6.45, 7) is 7.39. The maximum atomic E-state index is 14.2. The maximum Gasteiger partial charge on any atom is 0.340 e. The molecule has 0 aliphatic carbocycles. The van der Waals surface area contributed by atoms with Gasteiger partial charge in [0.05, 0.1) is 23.3 Å². The number of rotatable bonds is 5. The first kappa shape index (κ1) is 24.4. The van der Waals surface area contributed by atoms with Crippen LogP contribution in [0.2, 0.25) is 0 Å². The van der Waals surface area contributed by atoms with Crippen LogP contribution in [0.5, 0.6) is 0 Å². The molecule has 0 saturated heterocycles. The van der Waals surface area contributed by atoms with E-state index in [4.69, 9.17) is 0 Å².